The van der Waals surface area contributed by atoms with E-state index in [-0.39, 0.29) is 18.1 Å². The number of nitrogen functional groups attached to an aromatic ring is 1. The van der Waals surface area contributed by atoms with Gasteiger partial charge in [-0.3, -0.25) is 0 Å². The van der Waals surface area contributed by atoms with Gasteiger partial charge in [-0.05, 0) is 12.1 Å². The van der Waals surface area contributed by atoms with Gasteiger partial charge in [0.1, 0.15) is 11.6 Å². The van der Waals surface area contributed by atoms with Gasteiger partial charge in [-0.2, -0.15) is 9.97 Å². The summed E-state index contributed by atoms with van der Waals surface area (Å²) in [6, 6.07) is 3.74. The van der Waals surface area contributed by atoms with Gasteiger partial charge in [-0.25, -0.2) is 13.8 Å². The van der Waals surface area contributed by atoms with Gasteiger partial charge in [0.2, 0.25) is 5.95 Å². The van der Waals surface area contributed by atoms with E-state index in [1.807, 2.05) is 0 Å². The van der Waals surface area contributed by atoms with E-state index in [1.54, 1.807) is 7.05 Å². The molecule has 0 spiro atoms. The molecule has 0 radical (unpaired) electrons. The summed E-state index contributed by atoms with van der Waals surface area (Å²) >= 11 is 0. The third-order valence-corrected chi connectivity index (χ3v) is 3.11. The van der Waals surface area contributed by atoms with Crippen LogP contribution in [0.3, 0.4) is 0 Å². The second-order valence-corrected chi connectivity index (χ2v) is 4.43. The van der Waals surface area contributed by atoms with Crippen LogP contribution < -0.4 is 11.1 Å². The van der Waals surface area contributed by atoms with Crippen LogP contribution >= 0.6 is 0 Å². The number of halogens is 2. The number of imidazole rings is 1. The first-order valence-electron chi connectivity index (χ1n) is 6.19. The SMILES string of the molecule is CNc1nc(N)nc2c1ncn2Cc1c(F)cccc1F. The molecule has 0 aliphatic carbocycles. The van der Waals surface area contributed by atoms with Gasteiger partial charge in [0.25, 0.3) is 0 Å². The number of aromatic nitrogens is 4. The van der Waals surface area contributed by atoms with Crippen molar-refractivity contribution < 1.29 is 8.78 Å². The van der Waals surface area contributed by atoms with Crippen molar-refractivity contribution in [1.82, 2.24) is 19.5 Å². The highest BCUT2D eigenvalue weighted by Gasteiger charge is 2.14. The fourth-order valence-electron chi connectivity index (χ4n) is 2.10. The Kier molecular flexibility index (Phi) is 3.13. The molecule has 0 saturated heterocycles. The Morgan fingerprint density at radius 1 is 1.24 bits per heavy atom. The zero-order valence-corrected chi connectivity index (χ0v) is 11.1. The lowest BCUT2D eigenvalue weighted by molar-refractivity contribution is 0.546. The Balaban J connectivity index is 2.12. The van der Waals surface area contributed by atoms with Crippen molar-refractivity contribution in [3.63, 3.8) is 0 Å². The third kappa shape index (κ3) is 2.24. The molecule has 2 heterocycles. The first kappa shape index (κ1) is 13.2. The predicted octanol–water partition coefficient (Wildman–Crippen LogP) is 1.78. The summed E-state index contributed by atoms with van der Waals surface area (Å²) in [5.41, 5.74) is 6.48. The molecule has 21 heavy (non-hydrogen) atoms. The first-order valence-corrected chi connectivity index (χ1v) is 6.19. The molecule has 6 nitrogen and oxygen atoms in total. The number of rotatable bonds is 3. The molecule has 0 saturated carbocycles. The number of nitrogens with zero attached hydrogens (tertiary/aromatic N) is 4. The second kappa shape index (κ2) is 4.97. The van der Waals surface area contributed by atoms with Gasteiger partial charge in [0.05, 0.1) is 12.9 Å². The molecule has 0 fully saturated rings. The van der Waals surface area contributed by atoms with Crippen LogP contribution in [0, 0.1) is 11.6 Å². The highest BCUT2D eigenvalue weighted by atomic mass is 19.1. The summed E-state index contributed by atoms with van der Waals surface area (Å²) in [6.07, 6.45) is 1.45. The van der Waals surface area contributed by atoms with E-state index in [0.29, 0.717) is 17.0 Å². The Bertz CT molecular complexity index is 794. The lowest BCUT2D eigenvalue weighted by Gasteiger charge is -2.07. The minimum absolute atomic E-state index is 0.0331. The van der Waals surface area contributed by atoms with E-state index >= 15 is 0 Å². The lowest BCUT2D eigenvalue weighted by atomic mass is 10.2. The van der Waals surface area contributed by atoms with E-state index in [1.165, 1.54) is 29.1 Å². The Hall–Kier alpha value is -2.77. The molecule has 0 aliphatic heterocycles. The van der Waals surface area contributed by atoms with Crippen LogP contribution in [0.1, 0.15) is 5.56 Å². The lowest BCUT2D eigenvalue weighted by Crippen LogP contribution is -2.06. The number of hydrogen-bond acceptors (Lipinski definition) is 5. The van der Waals surface area contributed by atoms with Gasteiger partial charge in [0.15, 0.2) is 17.0 Å². The van der Waals surface area contributed by atoms with Crippen molar-refractivity contribution in [3.8, 4) is 0 Å². The van der Waals surface area contributed by atoms with Crippen molar-refractivity contribution in [2.45, 2.75) is 6.54 Å². The van der Waals surface area contributed by atoms with Crippen molar-refractivity contribution >= 4 is 22.9 Å². The van der Waals surface area contributed by atoms with Crippen molar-refractivity contribution in [1.29, 1.82) is 0 Å². The zero-order valence-electron chi connectivity index (χ0n) is 11.1. The number of hydrogen-bond donors (Lipinski definition) is 2. The maximum Gasteiger partial charge on any atom is 0.224 e. The Morgan fingerprint density at radius 3 is 2.62 bits per heavy atom. The zero-order chi connectivity index (χ0) is 15.0. The van der Waals surface area contributed by atoms with Gasteiger partial charge in [0, 0.05) is 12.6 Å². The molecular formula is C13H12F2N6. The van der Waals surface area contributed by atoms with Crippen LogP contribution in [0.15, 0.2) is 24.5 Å². The molecule has 0 atom stereocenters. The molecule has 0 unspecified atom stereocenters. The molecule has 0 bridgehead atoms. The normalized spacial score (nSPS) is 11.0. The molecule has 2 aromatic heterocycles. The van der Waals surface area contributed by atoms with Crippen LogP contribution in [0.2, 0.25) is 0 Å². The summed E-state index contributed by atoms with van der Waals surface area (Å²) in [4.78, 5) is 12.2. The Labute approximate surface area is 118 Å². The van der Waals surface area contributed by atoms with Gasteiger partial charge >= 0.3 is 0 Å². The molecule has 0 aliphatic rings. The number of nitrogens with one attached hydrogen (secondary N) is 1. The maximum atomic E-state index is 13.7. The predicted molar refractivity (Wildman–Crippen MR) is 74.7 cm³/mol. The highest BCUT2D eigenvalue weighted by molar-refractivity contribution is 5.84. The molecule has 3 N–H and O–H groups in total. The van der Waals surface area contributed by atoms with Crippen LogP contribution in [0.5, 0.6) is 0 Å². The third-order valence-electron chi connectivity index (χ3n) is 3.11. The smallest absolute Gasteiger partial charge is 0.224 e. The van der Waals surface area contributed by atoms with Crippen LogP contribution in [-0.2, 0) is 6.54 Å². The molecule has 108 valence electrons. The van der Waals surface area contributed by atoms with E-state index < -0.39 is 11.6 Å². The fraction of sp³-hybridized carbons (Fsp3) is 0.154. The monoisotopic (exact) mass is 290 g/mol. The van der Waals surface area contributed by atoms with E-state index in [0.717, 1.165) is 0 Å². The van der Waals surface area contributed by atoms with Gasteiger partial charge in [-0.15, -0.1) is 0 Å². The van der Waals surface area contributed by atoms with E-state index in [9.17, 15) is 8.78 Å². The van der Waals surface area contributed by atoms with Gasteiger partial charge < -0.3 is 15.6 Å². The molecule has 8 heteroatoms. The quantitative estimate of drug-likeness (QED) is 0.768. The minimum Gasteiger partial charge on any atom is -0.371 e. The summed E-state index contributed by atoms with van der Waals surface area (Å²) in [5.74, 6) is -0.715. The van der Waals surface area contributed by atoms with E-state index in [2.05, 4.69) is 20.3 Å². The van der Waals surface area contributed by atoms with Crippen LogP contribution in [0.25, 0.3) is 11.2 Å². The van der Waals surface area contributed by atoms with Crippen molar-refractivity contribution in [2.75, 3.05) is 18.1 Å². The topological polar surface area (TPSA) is 81.7 Å². The average Bonchev–Trinajstić information content (AvgIpc) is 2.85. The number of benzene rings is 1. The average molecular weight is 290 g/mol. The molecule has 0 amide bonds. The highest BCUT2D eigenvalue weighted by Crippen LogP contribution is 2.21. The van der Waals surface area contributed by atoms with Crippen LogP contribution in [-0.4, -0.2) is 26.6 Å². The van der Waals surface area contributed by atoms with Crippen molar-refractivity contribution in [2.24, 2.45) is 0 Å². The molecular weight excluding hydrogens is 278 g/mol. The molecule has 1 aromatic carbocycles. The standard InChI is InChI=1S/C13H12F2N6/c1-17-11-10-12(20-13(16)19-11)21(6-18-10)5-7-8(14)3-2-4-9(7)15/h2-4,6H,5H2,1H3,(H3,16,17,19,20). The second-order valence-electron chi connectivity index (χ2n) is 4.43. The largest absolute Gasteiger partial charge is 0.371 e. The number of fused-ring (bicyclic) bond motifs is 1. The summed E-state index contributed by atoms with van der Waals surface area (Å²) in [6.45, 7) is -0.0331. The fourth-order valence-corrected chi connectivity index (χ4v) is 2.10. The summed E-state index contributed by atoms with van der Waals surface area (Å²) < 4.78 is 29.0. The van der Waals surface area contributed by atoms with E-state index in [4.69, 9.17) is 5.73 Å². The van der Waals surface area contributed by atoms with Gasteiger partial charge in [-0.1, -0.05) is 6.07 Å². The summed E-state index contributed by atoms with van der Waals surface area (Å²) in [7, 11) is 1.68. The maximum absolute atomic E-state index is 13.7. The number of anilines is 2. The first-order chi connectivity index (χ1) is 10.1. The van der Waals surface area contributed by atoms with Crippen LogP contribution in [0.4, 0.5) is 20.5 Å². The molecule has 3 rings (SSSR count). The molecule has 3 aromatic rings. The summed E-state index contributed by atoms with van der Waals surface area (Å²) in [5, 5.41) is 2.86. The Morgan fingerprint density at radius 2 is 1.95 bits per heavy atom. The van der Waals surface area contributed by atoms with Crippen molar-refractivity contribution in [3.05, 3.63) is 41.7 Å². The number of nitrogens with two attached hydrogens (primary N) is 1. The minimum atomic E-state index is -0.618.